The summed E-state index contributed by atoms with van der Waals surface area (Å²) in [7, 11) is 0. The van der Waals surface area contributed by atoms with Gasteiger partial charge in [0.05, 0.1) is 6.04 Å². The number of thiophene rings is 1. The Morgan fingerprint density at radius 1 is 1.33 bits per heavy atom. The molecule has 0 amide bonds. The Morgan fingerprint density at radius 2 is 2.11 bits per heavy atom. The van der Waals surface area contributed by atoms with Gasteiger partial charge in [0.15, 0.2) is 0 Å². The first kappa shape index (κ1) is 14.1. The van der Waals surface area contributed by atoms with Gasteiger partial charge in [-0.1, -0.05) is 40.5 Å². The Balaban J connectivity index is 2.41. The van der Waals surface area contributed by atoms with E-state index in [4.69, 9.17) is 11.6 Å². The maximum atomic E-state index is 6.35. The van der Waals surface area contributed by atoms with Crippen molar-refractivity contribution in [1.82, 2.24) is 5.32 Å². The molecule has 0 radical (unpaired) electrons. The zero-order valence-corrected chi connectivity index (χ0v) is 13.5. The molecule has 4 heteroatoms. The molecular weight excluding hydrogens is 330 g/mol. The Morgan fingerprint density at radius 3 is 2.67 bits per heavy atom. The molecule has 1 N–H and O–H groups in total. The fraction of sp³-hybridized carbons (Fsp3) is 0.286. The minimum absolute atomic E-state index is 0.175. The second-order valence-corrected chi connectivity index (χ2v) is 6.75. The summed E-state index contributed by atoms with van der Waals surface area (Å²) in [5.74, 6) is 0. The van der Waals surface area contributed by atoms with Gasteiger partial charge in [0, 0.05) is 19.2 Å². The number of aryl methyl sites for hydroxylation is 1. The minimum atomic E-state index is 0.175. The van der Waals surface area contributed by atoms with Crippen LogP contribution in [0, 0.1) is 6.92 Å². The summed E-state index contributed by atoms with van der Waals surface area (Å²) in [4.78, 5) is 2.62. The summed E-state index contributed by atoms with van der Waals surface area (Å²) in [6, 6.07) is 10.6. The predicted molar refractivity (Wildman–Crippen MR) is 83.7 cm³/mol. The second kappa shape index (κ2) is 6.20. The van der Waals surface area contributed by atoms with Crippen LogP contribution in [0.15, 0.2) is 34.8 Å². The van der Waals surface area contributed by atoms with Crippen LogP contribution in [0.1, 0.15) is 28.3 Å². The first-order valence-corrected chi connectivity index (χ1v) is 7.85. The number of rotatable bonds is 4. The van der Waals surface area contributed by atoms with Crippen LogP contribution in [0.4, 0.5) is 0 Å². The maximum Gasteiger partial charge on any atom is 0.0685 e. The van der Waals surface area contributed by atoms with E-state index in [0.717, 1.165) is 21.6 Å². The molecule has 0 saturated heterocycles. The summed E-state index contributed by atoms with van der Waals surface area (Å²) in [5, 5.41) is 4.29. The van der Waals surface area contributed by atoms with E-state index in [0.29, 0.717) is 0 Å². The smallest absolute Gasteiger partial charge is 0.0685 e. The van der Waals surface area contributed by atoms with Crippen molar-refractivity contribution >= 4 is 38.9 Å². The van der Waals surface area contributed by atoms with Gasteiger partial charge in [-0.2, -0.15) is 0 Å². The third-order valence-electron chi connectivity index (χ3n) is 2.73. The first-order chi connectivity index (χ1) is 8.61. The van der Waals surface area contributed by atoms with Crippen molar-refractivity contribution in [3.63, 3.8) is 0 Å². The molecule has 0 saturated carbocycles. The summed E-state index contributed by atoms with van der Waals surface area (Å²) < 4.78 is 1.01. The highest BCUT2D eigenvalue weighted by atomic mass is 79.9. The Hall–Kier alpha value is -0.350. The zero-order valence-electron chi connectivity index (χ0n) is 10.3. The molecule has 18 heavy (non-hydrogen) atoms. The average Bonchev–Trinajstić information content (AvgIpc) is 2.73. The monoisotopic (exact) mass is 343 g/mol. The molecule has 1 aromatic carbocycles. The SMILES string of the molecule is CCNC(c1ccc(C)s1)c1ccc(Br)cc1Cl. The lowest BCUT2D eigenvalue weighted by Gasteiger charge is -2.18. The number of benzene rings is 1. The van der Waals surface area contributed by atoms with E-state index in [1.165, 1.54) is 9.75 Å². The molecule has 0 aliphatic heterocycles. The summed E-state index contributed by atoms with van der Waals surface area (Å²) >= 11 is 11.6. The van der Waals surface area contributed by atoms with Crippen LogP contribution in [0.2, 0.25) is 5.02 Å². The molecule has 96 valence electrons. The number of nitrogens with one attached hydrogen (secondary N) is 1. The summed E-state index contributed by atoms with van der Waals surface area (Å²) in [6.07, 6.45) is 0. The van der Waals surface area contributed by atoms with Crippen molar-refractivity contribution in [1.29, 1.82) is 0 Å². The van der Waals surface area contributed by atoms with Gasteiger partial charge in [-0.15, -0.1) is 11.3 Å². The fourth-order valence-electron chi connectivity index (χ4n) is 1.91. The molecule has 1 heterocycles. The van der Waals surface area contributed by atoms with Crippen LogP contribution in [0.5, 0.6) is 0 Å². The Bertz CT molecular complexity index is 538. The summed E-state index contributed by atoms with van der Waals surface area (Å²) in [6.45, 7) is 5.15. The molecule has 0 spiro atoms. The fourth-order valence-corrected chi connectivity index (χ4v) is 3.67. The normalized spacial score (nSPS) is 12.7. The van der Waals surface area contributed by atoms with Crippen LogP contribution >= 0.6 is 38.9 Å². The lowest BCUT2D eigenvalue weighted by molar-refractivity contribution is 0.640. The standard InChI is InChI=1S/C14H15BrClNS/c1-3-17-14(13-7-4-9(2)18-13)11-6-5-10(15)8-12(11)16/h4-8,14,17H,3H2,1-2H3. The highest BCUT2D eigenvalue weighted by Crippen LogP contribution is 2.33. The molecule has 2 aromatic rings. The lowest BCUT2D eigenvalue weighted by Crippen LogP contribution is -2.21. The van der Waals surface area contributed by atoms with Gasteiger partial charge in [-0.05, 0) is 43.3 Å². The third-order valence-corrected chi connectivity index (χ3v) is 4.61. The van der Waals surface area contributed by atoms with E-state index in [1.807, 2.05) is 23.5 Å². The molecular formula is C14H15BrClNS. The van der Waals surface area contributed by atoms with Gasteiger partial charge >= 0.3 is 0 Å². The van der Waals surface area contributed by atoms with Crippen molar-refractivity contribution in [3.05, 3.63) is 55.1 Å². The Labute approximate surface area is 125 Å². The molecule has 2 rings (SSSR count). The van der Waals surface area contributed by atoms with Crippen molar-refractivity contribution in [3.8, 4) is 0 Å². The molecule has 0 bridgehead atoms. The molecule has 1 nitrogen and oxygen atoms in total. The number of halogens is 2. The van der Waals surface area contributed by atoms with Crippen molar-refractivity contribution in [2.24, 2.45) is 0 Å². The average molecular weight is 345 g/mol. The van der Waals surface area contributed by atoms with Crippen LogP contribution < -0.4 is 5.32 Å². The third kappa shape index (κ3) is 3.15. The van der Waals surface area contributed by atoms with E-state index in [9.17, 15) is 0 Å². The summed E-state index contributed by atoms with van der Waals surface area (Å²) in [5.41, 5.74) is 1.13. The molecule has 1 atom stereocenters. The van der Waals surface area contributed by atoms with Crippen LogP contribution in [-0.4, -0.2) is 6.54 Å². The van der Waals surface area contributed by atoms with Gasteiger partial charge in [-0.25, -0.2) is 0 Å². The number of hydrogen-bond acceptors (Lipinski definition) is 2. The van der Waals surface area contributed by atoms with Crippen LogP contribution in [-0.2, 0) is 0 Å². The predicted octanol–water partition coefficient (Wildman–Crippen LogP) is 5.17. The zero-order chi connectivity index (χ0) is 13.1. The molecule has 1 aromatic heterocycles. The van der Waals surface area contributed by atoms with Gasteiger partial charge in [0.1, 0.15) is 0 Å². The van der Waals surface area contributed by atoms with E-state index < -0.39 is 0 Å². The number of hydrogen-bond donors (Lipinski definition) is 1. The van der Waals surface area contributed by atoms with E-state index in [1.54, 1.807) is 0 Å². The topological polar surface area (TPSA) is 12.0 Å². The van der Waals surface area contributed by atoms with Crippen molar-refractivity contribution in [2.75, 3.05) is 6.54 Å². The van der Waals surface area contributed by atoms with Gasteiger partial charge in [0.2, 0.25) is 0 Å². The molecule has 1 unspecified atom stereocenters. The first-order valence-electron chi connectivity index (χ1n) is 5.86. The van der Waals surface area contributed by atoms with Gasteiger partial charge in [0.25, 0.3) is 0 Å². The molecule has 0 aliphatic rings. The quantitative estimate of drug-likeness (QED) is 0.806. The highest BCUT2D eigenvalue weighted by molar-refractivity contribution is 9.10. The van der Waals surface area contributed by atoms with Crippen molar-refractivity contribution < 1.29 is 0 Å². The van der Waals surface area contributed by atoms with Gasteiger partial charge in [-0.3, -0.25) is 0 Å². The molecule has 0 fully saturated rings. The van der Waals surface area contributed by atoms with E-state index in [2.05, 4.69) is 53.3 Å². The second-order valence-electron chi connectivity index (χ2n) is 4.10. The van der Waals surface area contributed by atoms with Gasteiger partial charge < -0.3 is 5.32 Å². The highest BCUT2D eigenvalue weighted by Gasteiger charge is 2.17. The Kier molecular flexibility index (Phi) is 4.84. The largest absolute Gasteiger partial charge is 0.306 e. The van der Waals surface area contributed by atoms with Crippen molar-refractivity contribution in [2.45, 2.75) is 19.9 Å². The maximum absolute atomic E-state index is 6.35. The van der Waals surface area contributed by atoms with Crippen LogP contribution in [0.3, 0.4) is 0 Å². The van der Waals surface area contributed by atoms with Crippen LogP contribution in [0.25, 0.3) is 0 Å². The molecule has 0 aliphatic carbocycles. The van der Waals surface area contributed by atoms with E-state index >= 15 is 0 Å². The van der Waals surface area contributed by atoms with E-state index in [-0.39, 0.29) is 6.04 Å². The minimum Gasteiger partial charge on any atom is -0.306 e. The lowest BCUT2D eigenvalue weighted by atomic mass is 10.1.